The molecule has 0 aliphatic heterocycles. The number of hydrogen-bond donors (Lipinski definition) is 2. The van der Waals surface area contributed by atoms with Gasteiger partial charge in [0.15, 0.2) is 5.13 Å². The molecule has 0 atom stereocenters. The Labute approximate surface area is 164 Å². The van der Waals surface area contributed by atoms with Crippen LogP contribution in [0.3, 0.4) is 0 Å². The Morgan fingerprint density at radius 1 is 1.22 bits per heavy atom. The summed E-state index contributed by atoms with van der Waals surface area (Å²) in [5, 5.41) is 4.63. The Balaban J connectivity index is 1.85. The molecule has 0 saturated heterocycles. The molecule has 2 N–H and O–H groups in total. The van der Waals surface area contributed by atoms with Crippen LogP contribution >= 0.6 is 22.9 Å². The number of carbonyl (C=O) groups is 1. The third-order valence-corrected chi connectivity index (χ3v) is 6.11. The maximum atomic E-state index is 13.3. The van der Waals surface area contributed by atoms with Crippen molar-refractivity contribution in [1.29, 1.82) is 0 Å². The molecule has 3 rings (SSSR count). The third kappa shape index (κ3) is 4.33. The summed E-state index contributed by atoms with van der Waals surface area (Å²) in [6, 6.07) is 9.75. The van der Waals surface area contributed by atoms with E-state index in [0.29, 0.717) is 11.3 Å². The molecule has 0 bridgehead atoms. The van der Waals surface area contributed by atoms with E-state index in [-0.39, 0.29) is 26.4 Å². The van der Waals surface area contributed by atoms with Crippen LogP contribution in [0.25, 0.3) is 11.3 Å². The van der Waals surface area contributed by atoms with E-state index in [0.717, 1.165) is 11.3 Å². The normalized spacial score (nSPS) is 11.4. The van der Waals surface area contributed by atoms with Crippen molar-refractivity contribution in [3.63, 3.8) is 0 Å². The molecule has 1 heterocycles. The van der Waals surface area contributed by atoms with E-state index in [2.05, 4.69) is 15.0 Å². The van der Waals surface area contributed by atoms with Crippen molar-refractivity contribution in [2.75, 3.05) is 12.4 Å². The Kier molecular flexibility index (Phi) is 5.56. The van der Waals surface area contributed by atoms with Gasteiger partial charge in [0.25, 0.3) is 5.91 Å². The summed E-state index contributed by atoms with van der Waals surface area (Å²) in [6.07, 6.45) is 0. The van der Waals surface area contributed by atoms with Gasteiger partial charge in [-0.25, -0.2) is 22.5 Å². The minimum Gasteiger partial charge on any atom is -0.298 e. The first-order valence-electron chi connectivity index (χ1n) is 7.56. The summed E-state index contributed by atoms with van der Waals surface area (Å²) in [5.74, 6) is -0.992. The maximum Gasteiger partial charge on any atom is 0.259 e. The highest BCUT2D eigenvalue weighted by Gasteiger charge is 2.18. The summed E-state index contributed by atoms with van der Waals surface area (Å²) < 4.78 is 39.3. The lowest BCUT2D eigenvalue weighted by atomic mass is 10.2. The van der Waals surface area contributed by atoms with E-state index in [1.165, 1.54) is 37.4 Å². The van der Waals surface area contributed by atoms with Crippen LogP contribution in [-0.4, -0.2) is 26.4 Å². The molecule has 2 aromatic carbocycles. The summed E-state index contributed by atoms with van der Waals surface area (Å²) in [5.41, 5.74) is 1.08. The predicted octanol–water partition coefficient (Wildman–Crippen LogP) is 3.76. The van der Waals surface area contributed by atoms with Crippen LogP contribution in [-0.2, 0) is 10.0 Å². The molecule has 0 aliphatic rings. The lowest BCUT2D eigenvalue weighted by Gasteiger charge is -2.07. The van der Waals surface area contributed by atoms with E-state index < -0.39 is 15.9 Å². The second-order valence-corrected chi connectivity index (χ2v) is 8.50. The molecule has 0 fully saturated rings. The first-order chi connectivity index (χ1) is 12.8. The van der Waals surface area contributed by atoms with Crippen molar-refractivity contribution in [1.82, 2.24) is 9.71 Å². The van der Waals surface area contributed by atoms with Crippen molar-refractivity contribution >= 4 is 44.0 Å². The lowest BCUT2D eigenvalue weighted by Crippen LogP contribution is -2.20. The minimum absolute atomic E-state index is 0.00417. The summed E-state index contributed by atoms with van der Waals surface area (Å²) in [7, 11) is -2.45. The number of anilines is 1. The van der Waals surface area contributed by atoms with Gasteiger partial charge in [0.2, 0.25) is 10.0 Å². The molecule has 27 heavy (non-hydrogen) atoms. The lowest BCUT2D eigenvalue weighted by molar-refractivity contribution is 0.102. The number of carbonyl (C=O) groups excluding carboxylic acids is 1. The van der Waals surface area contributed by atoms with Crippen molar-refractivity contribution in [3.05, 3.63) is 64.2 Å². The second kappa shape index (κ2) is 7.73. The van der Waals surface area contributed by atoms with Crippen LogP contribution < -0.4 is 10.0 Å². The number of aromatic nitrogens is 1. The smallest absolute Gasteiger partial charge is 0.259 e. The van der Waals surface area contributed by atoms with Crippen LogP contribution in [0.2, 0.25) is 5.02 Å². The first-order valence-corrected chi connectivity index (χ1v) is 10.3. The van der Waals surface area contributed by atoms with Crippen LogP contribution in [0.4, 0.5) is 9.52 Å². The molecular formula is C17H13ClFN3O3S2. The van der Waals surface area contributed by atoms with Crippen LogP contribution in [0.15, 0.2) is 52.7 Å². The molecule has 0 aliphatic carbocycles. The van der Waals surface area contributed by atoms with Gasteiger partial charge in [-0.15, -0.1) is 11.3 Å². The average molecular weight is 426 g/mol. The largest absolute Gasteiger partial charge is 0.298 e. The highest BCUT2D eigenvalue weighted by Crippen LogP contribution is 2.27. The van der Waals surface area contributed by atoms with Gasteiger partial charge in [0.05, 0.1) is 21.2 Å². The van der Waals surface area contributed by atoms with Gasteiger partial charge in [-0.2, -0.15) is 0 Å². The zero-order valence-electron chi connectivity index (χ0n) is 13.9. The zero-order chi connectivity index (χ0) is 19.6. The van der Waals surface area contributed by atoms with Gasteiger partial charge >= 0.3 is 0 Å². The van der Waals surface area contributed by atoms with E-state index in [1.807, 2.05) is 0 Å². The number of amides is 1. The molecule has 10 heteroatoms. The number of nitrogens with zero attached hydrogens (tertiary/aromatic N) is 1. The van der Waals surface area contributed by atoms with E-state index in [4.69, 9.17) is 11.6 Å². The number of nitrogens with one attached hydrogen (secondary N) is 2. The first kappa shape index (κ1) is 19.4. The Morgan fingerprint density at radius 3 is 2.70 bits per heavy atom. The summed E-state index contributed by atoms with van der Waals surface area (Å²) >= 11 is 7.19. The summed E-state index contributed by atoms with van der Waals surface area (Å²) in [6.45, 7) is 0. The van der Waals surface area contributed by atoms with E-state index >= 15 is 0 Å². The van der Waals surface area contributed by atoms with Crippen molar-refractivity contribution in [2.24, 2.45) is 0 Å². The van der Waals surface area contributed by atoms with E-state index in [9.17, 15) is 17.6 Å². The monoisotopic (exact) mass is 425 g/mol. The molecule has 0 spiro atoms. The van der Waals surface area contributed by atoms with Gasteiger partial charge in [-0.05, 0) is 37.4 Å². The summed E-state index contributed by atoms with van der Waals surface area (Å²) in [4.78, 5) is 16.7. The quantitative estimate of drug-likeness (QED) is 0.651. The minimum atomic E-state index is -3.72. The van der Waals surface area contributed by atoms with Crippen LogP contribution in [0, 0.1) is 5.82 Å². The average Bonchev–Trinajstić information content (AvgIpc) is 3.10. The fraction of sp³-hybridized carbons (Fsp3) is 0.0588. The molecule has 1 amide bonds. The molecule has 1 aromatic heterocycles. The molecular weight excluding hydrogens is 413 g/mol. The second-order valence-electron chi connectivity index (χ2n) is 5.35. The predicted molar refractivity (Wildman–Crippen MR) is 103 cm³/mol. The van der Waals surface area contributed by atoms with Crippen molar-refractivity contribution in [2.45, 2.75) is 4.90 Å². The van der Waals surface area contributed by atoms with Crippen molar-refractivity contribution in [3.8, 4) is 11.3 Å². The zero-order valence-corrected chi connectivity index (χ0v) is 16.3. The van der Waals surface area contributed by atoms with Crippen LogP contribution in [0.1, 0.15) is 10.4 Å². The number of thiazole rings is 1. The topological polar surface area (TPSA) is 88.2 Å². The fourth-order valence-electron chi connectivity index (χ4n) is 2.24. The maximum absolute atomic E-state index is 13.3. The molecule has 3 aromatic rings. The highest BCUT2D eigenvalue weighted by atomic mass is 35.5. The Hall–Kier alpha value is -2.33. The molecule has 6 nitrogen and oxygen atoms in total. The number of sulfonamides is 1. The number of halogens is 2. The van der Waals surface area contributed by atoms with Gasteiger partial charge in [-0.3, -0.25) is 10.1 Å². The molecule has 140 valence electrons. The highest BCUT2D eigenvalue weighted by molar-refractivity contribution is 7.89. The van der Waals surface area contributed by atoms with Crippen molar-refractivity contribution < 1.29 is 17.6 Å². The molecule has 0 unspecified atom stereocenters. The van der Waals surface area contributed by atoms with Crippen LogP contribution in [0.5, 0.6) is 0 Å². The standard InChI is InChI=1S/C17H13ClFN3O3S2/c1-20-27(24,25)12-5-6-14(18)13(8-12)16(23)22-17-21-15(9-26-17)10-3-2-4-11(19)7-10/h2-9,20H,1H3,(H,21,22,23). The van der Waals surface area contributed by atoms with Gasteiger partial charge < -0.3 is 0 Å². The number of rotatable bonds is 5. The van der Waals surface area contributed by atoms with E-state index in [1.54, 1.807) is 17.5 Å². The Morgan fingerprint density at radius 2 is 2.00 bits per heavy atom. The number of hydrogen-bond acceptors (Lipinski definition) is 5. The van der Waals surface area contributed by atoms with Gasteiger partial charge in [-0.1, -0.05) is 23.7 Å². The fourth-order valence-corrected chi connectivity index (χ4v) is 3.91. The molecule has 0 radical (unpaired) electrons. The van der Waals surface area contributed by atoms with Gasteiger partial charge in [0.1, 0.15) is 5.82 Å². The number of benzene rings is 2. The van der Waals surface area contributed by atoms with Gasteiger partial charge in [0, 0.05) is 10.9 Å². The SMILES string of the molecule is CNS(=O)(=O)c1ccc(Cl)c(C(=O)Nc2nc(-c3cccc(F)c3)cs2)c1. The Bertz CT molecular complexity index is 1120. The molecule has 0 saturated carbocycles. The third-order valence-electron chi connectivity index (χ3n) is 3.61.